The molecule has 3 aromatic rings. The number of hydrogen-bond acceptors (Lipinski definition) is 8. The first-order chi connectivity index (χ1) is 13.6. The Kier molecular flexibility index (Phi) is 4.50. The topological polar surface area (TPSA) is 93.1 Å². The van der Waals surface area contributed by atoms with Gasteiger partial charge in [-0.15, -0.1) is 20.4 Å². The standard InChI is InChI=1S/C19H20N6O2S/c1-11-21-24-19(28-11)12-2-5-16-13(6-12)7-17(23-22-16)20-18(26)10-25-8-14-3-4-15(9-25)27-14/h2,5-7,14-15H,3-4,8-10H2,1H3,(H,20,23,26). The summed E-state index contributed by atoms with van der Waals surface area (Å²) >= 11 is 1.55. The van der Waals surface area contributed by atoms with Crippen LogP contribution < -0.4 is 5.32 Å². The van der Waals surface area contributed by atoms with E-state index in [2.05, 4.69) is 30.6 Å². The third-order valence-corrected chi connectivity index (χ3v) is 6.00. The molecule has 2 bridgehead atoms. The molecular weight excluding hydrogens is 376 g/mol. The van der Waals surface area contributed by atoms with Crippen molar-refractivity contribution in [2.24, 2.45) is 0 Å². The van der Waals surface area contributed by atoms with Crippen molar-refractivity contribution < 1.29 is 9.53 Å². The van der Waals surface area contributed by atoms with Gasteiger partial charge in [-0.2, -0.15) is 0 Å². The van der Waals surface area contributed by atoms with E-state index < -0.39 is 0 Å². The molecule has 5 rings (SSSR count). The molecule has 1 aromatic carbocycles. The number of nitrogens with zero attached hydrogens (tertiary/aromatic N) is 5. The van der Waals surface area contributed by atoms with E-state index >= 15 is 0 Å². The van der Waals surface area contributed by atoms with E-state index in [-0.39, 0.29) is 18.1 Å². The lowest BCUT2D eigenvalue weighted by atomic mass is 10.1. The maximum Gasteiger partial charge on any atom is 0.239 e. The molecule has 1 N–H and O–H groups in total. The van der Waals surface area contributed by atoms with Crippen molar-refractivity contribution in [3.63, 3.8) is 0 Å². The summed E-state index contributed by atoms with van der Waals surface area (Å²) in [6.45, 7) is 3.91. The van der Waals surface area contributed by atoms with E-state index in [9.17, 15) is 4.79 Å². The first-order valence-corrected chi connectivity index (χ1v) is 10.2. The predicted octanol–water partition coefficient (Wildman–Crippen LogP) is 2.26. The Balaban J connectivity index is 1.30. The van der Waals surface area contributed by atoms with E-state index in [4.69, 9.17) is 4.74 Å². The number of aromatic nitrogens is 4. The van der Waals surface area contributed by atoms with Crippen LogP contribution in [0.1, 0.15) is 17.8 Å². The van der Waals surface area contributed by atoms with Gasteiger partial charge in [-0.3, -0.25) is 9.69 Å². The molecule has 0 saturated carbocycles. The predicted molar refractivity (Wildman–Crippen MR) is 106 cm³/mol. The minimum Gasteiger partial charge on any atom is -0.372 e. The van der Waals surface area contributed by atoms with Gasteiger partial charge in [-0.1, -0.05) is 11.3 Å². The second-order valence-electron chi connectivity index (χ2n) is 7.33. The maximum absolute atomic E-state index is 12.5. The van der Waals surface area contributed by atoms with Gasteiger partial charge in [0.15, 0.2) is 5.82 Å². The van der Waals surface area contributed by atoms with Crippen molar-refractivity contribution in [3.05, 3.63) is 29.3 Å². The molecule has 1 amide bonds. The zero-order valence-electron chi connectivity index (χ0n) is 15.5. The van der Waals surface area contributed by atoms with Crippen LogP contribution in [0.5, 0.6) is 0 Å². The number of ether oxygens (including phenoxy) is 1. The van der Waals surface area contributed by atoms with Crippen LogP contribution in [-0.4, -0.2) is 63.0 Å². The Hall–Kier alpha value is -2.49. The van der Waals surface area contributed by atoms with Gasteiger partial charge in [0.05, 0.1) is 24.3 Å². The summed E-state index contributed by atoms with van der Waals surface area (Å²) in [7, 11) is 0. The number of rotatable bonds is 4. The molecule has 2 aliphatic heterocycles. The van der Waals surface area contributed by atoms with Crippen LogP contribution in [-0.2, 0) is 9.53 Å². The van der Waals surface area contributed by atoms with Crippen molar-refractivity contribution in [2.45, 2.75) is 32.0 Å². The number of carbonyl (C=O) groups excluding carboxylic acids is 1. The van der Waals surface area contributed by atoms with Gasteiger partial charge in [-0.05, 0) is 44.0 Å². The van der Waals surface area contributed by atoms with Crippen molar-refractivity contribution >= 4 is 34.0 Å². The number of hydrogen-bond donors (Lipinski definition) is 1. The first kappa shape index (κ1) is 17.6. The van der Waals surface area contributed by atoms with Gasteiger partial charge < -0.3 is 10.1 Å². The summed E-state index contributed by atoms with van der Waals surface area (Å²) in [4.78, 5) is 14.6. The van der Waals surface area contributed by atoms with Crippen molar-refractivity contribution in [1.29, 1.82) is 0 Å². The fraction of sp³-hybridized carbons (Fsp3) is 0.421. The zero-order chi connectivity index (χ0) is 19.1. The molecular formula is C19H20N6O2S. The second kappa shape index (κ2) is 7.16. The fourth-order valence-corrected chi connectivity index (χ4v) is 4.55. The monoisotopic (exact) mass is 396 g/mol. The highest BCUT2D eigenvalue weighted by molar-refractivity contribution is 7.14. The lowest BCUT2D eigenvalue weighted by Crippen LogP contribution is -2.45. The van der Waals surface area contributed by atoms with E-state index in [1.807, 2.05) is 31.2 Å². The summed E-state index contributed by atoms with van der Waals surface area (Å²) in [6, 6.07) is 7.71. The van der Waals surface area contributed by atoms with Gasteiger partial charge in [-0.25, -0.2) is 0 Å². The molecule has 2 aliphatic rings. The third kappa shape index (κ3) is 3.60. The molecule has 9 heteroatoms. The largest absolute Gasteiger partial charge is 0.372 e. The molecule has 2 fully saturated rings. The van der Waals surface area contributed by atoms with E-state index in [0.717, 1.165) is 52.4 Å². The summed E-state index contributed by atoms with van der Waals surface area (Å²) < 4.78 is 5.82. The molecule has 144 valence electrons. The molecule has 8 nitrogen and oxygen atoms in total. The average molecular weight is 396 g/mol. The summed E-state index contributed by atoms with van der Waals surface area (Å²) in [5.41, 5.74) is 1.75. The lowest BCUT2D eigenvalue weighted by Gasteiger charge is -2.31. The highest BCUT2D eigenvalue weighted by atomic mass is 32.1. The Morgan fingerprint density at radius 3 is 2.75 bits per heavy atom. The number of aryl methyl sites for hydroxylation is 1. The number of carbonyl (C=O) groups is 1. The SMILES string of the molecule is Cc1nnc(-c2ccc3nnc(NC(=O)CN4CC5CCC(C4)O5)cc3c2)s1. The van der Waals surface area contributed by atoms with Crippen molar-refractivity contribution in [2.75, 3.05) is 25.0 Å². The number of amides is 1. The van der Waals surface area contributed by atoms with Crippen molar-refractivity contribution in [1.82, 2.24) is 25.3 Å². The average Bonchev–Trinajstić information content (AvgIpc) is 3.26. The van der Waals surface area contributed by atoms with Gasteiger partial charge in [0, 0.05) is 24.0 Å². The number of fused-ring (bicyclic) bond motifs is 3. The van der Waals surface area contributed by atoms with Crippen LogP contribution >= 0.6 is 11.3 Å². The smallest absolute Gasteiger partial charge is 0.239 e. The van der Waals surface area contributed by atoms with Crippen LogP contribution in [0.25, 0.3) is 21.5 Å². The maximum atomic E-state index is 12.5. The van der Waals surface area contributed by atoms with Gasteiger partial charge in [0.1, 0.15) is 10.0 Å². The van der Waals surface area contributed by atoms with E-state index in [0.29, 0.717) is 12.4 Å². The molecule has 2 unspecified atom stereocenters. The quantitative estimate of drug-likeness (QED) is 0.723. The zero-order valence-corrected chi connectivity index (χ0v) is 16.3. The van der Waals surface area contributed by atoms with E-state index in [1.54, 1.807) is 11.3 Å². The van der Waals surface area contributed by atoms with Crippen LogP contribution in [0.3, 0.4) is 0 Å². The number of anilines is 1. The Morgan fingerprint density at radius 2 is 2.00 bits per heavy atom. The molecule has 2 saturated heterocycles. The number of nitrogens with one attached hydrogen (secondary N) is 1. The van der Waals surface area contributed by atoms with Gasteiger partial charge in [0.2, 0.25) is 5.91 Å². The molecule has 2 aromatic heterocycles. The highest BCUT2D eigenvalue weighted by Gasteiger charge is 2.34. The third-order valence-electron chi connectivity index (χ3n) is 5.11. The number of morpholine rings is 1. The van der Waals surface area contributed by atoms with Crippen LogP contribution in [0.4, 0.5) is 5.82 Å². The molecule has 0 radical (unpaired) electrons. The van der Waals surface area contributed by atoms with Gasteiger partial charge in [0.25, 0.3) is 0 Å². The second-order valence-corrected chi connectivity index (χ2v) is 8.51. The summed E-state index contributed by atoms with van der Waals surface area (Å²) in [5, 5.41) is 22.2. The number of likely N-dealkylation sites (tertiary alicyclic amines) is 1. The Labute approximate surface area is 165 Å². The Morgan fingerprint density at radius 1 is 1.18 bits per heavy atom. The highest BCUT2D eigenvalue weighted by Crippen LogP contribution is 2.27. The minimum atomic E-state index is -0.0779. The minimum absolute atomic E-state index is 0.0779. The first-order valence-electron chi connectivity index (χ1n) is 9.38. The molecule has 0 aliphatic carbocycles. The molecule has 28 heavy (non-hydrogen) atoms. The summed E-state index contributed by atoms with van der Waals surface area (Å²) in [5.74, 6) is 0.380. The lowest BCUT2D eigenvalue weighted by molar-refractivity contribution is -0.119. The van der Waals surface area contributed by atoms with Crippen molar-refractivity contribution in [3.8, 4) is 10.6 Å². The van der Waals surface area contributed by atoms with Crippen LogP contribution in [0.15, 0.2) is 24.3 Å². The van der Waals surface area contributed by atoms with Gasteiger partial charge >= 0.3 is 0 Å². The molecule has 0 spiro atoms. The van der Waals surface area contributed by atoms with Crippen LogP contribution in [0, 0.1) is 6.92 Å². The normalized spacial score (nSPS) is 21.9. The van der Waals surface area contributed by atoms with Crippen LogP contribution in [0.2, 0.25) is 0 Å². The van der Waals surface area contributed by atoms with E-state index in [1.165, 1.54) is 0 Å². The molecule has 4 heterocycles. The summed E-state index contributed by atoms with van der Waals surface area (Å²) in [6.07, 6.45) is 2.73. The fourth-order valence-electron chi connectivity index (χ4n) is 3.87. The Bertz CT molecular complexity index is 1030. The molecule has 2 atom stereocenters. The number of benzene rings is 1.